The Balaban J connectivity index is 1.19. The summed E-state index contributed by atoms with van der Waals surface area (Å²) in [4.78, 5) is 54.0. The van der Waals surface area contributed by atoms with Crippen LogP contribution in [-0.2, 0) is 23.9 Å². The van der Waals surface area contributed by atoms with Gasteiger partial charge in [0.15, 0.2) is 0 Å². The largest absolute Gasteiger partial charge is 0.425 e. The molecule has 2 aromatic rings. The van der Waals surface area contributed by atoms with Crippen molar-refractivity contribution >= 4 is 29.6 Å². The second-order valence-corrected chi connectivity index (χ2v) is 13.7. The number of alkyl carbamates (subject to hydrolysis) is 1. The van der Waals surface area contributed by atoms with Crippen molar-refractivity contribution in [2.75, 3.05) is 18.5 Å². The molecule has 1 unspecified atom stereocenters. The number of H-pyrrole nitrogens is 1. The number of esters is 1. The number of carbonyl (C=O) groups excluding carboxylic acids is 4. The van der Waals surface area contributed by atoms with Crippen LogP contribution in [0.1, 0.15) is 85.0 Å². The number of aromatic amines is 1. The minimum absolute atomic E-state index is 0.0238. The molecule has 5 rings (SSSR count). The minimum atomic E-state index is -1.10. The van der Waals surface area contributed by atoms with E-state index in [9.17, 15) is 23.6 Å². The maximum atomic E-state index is 14.1. The van der Waals surface area contributed by atoms with E-state index in [1.807, 2.05) is 12.1 Å². The molecule has 1 aromatic carbocycles. The summed E-state index contributed by atoms with van der Waals surface area (Å²) in [7, 11) is 0. The van der Waals surface area contributed by atoms with Gasteiger partial charge in [0.1, 0.15) is 12.7 Å². The Morgan fingerprint density at radius 2 is 1.67 bits per heavy atom. The molecule has 0 bridgehead atoms. The number of halogens is 1. The van der Waals surface area contributed by atoms with Crippen LogP contribution in [0, 0.1) is 29.6 Å². The van der Waals surface area contributed by atoms with Gasteiger partial charge in [0, 0.05) is 30.6 Å². The Morgan fingerprint density at radius 3 is 2.29 bits per heavy atom. The van der Waals surface area contributed by atoms with Gasteiger partial charge in [0.2, 0.25) is 23.9 Å². The molecule has 0 radical (unpaired) electrons. The smallest absolute Gasteiger partial charge is 0.410 e. The van der Waals surface area contributed by atoms with Crippen LogP contribution in [0.15, 0.2) is 24.3 Å². The third-order valence-corrected chi connectivity index (χ3v) is 10.2. The van der Waals surface area contributed by atoms with E-state index in [2.05, 4.69) is 31.3 Å². The van der Waals surface area contributed by atoms with Crippen LogP contribution < -0.4 is 10.6 Å². The number of alkyl halides is 1. The number of benzene rings is 1. The van der Waals surface area contributed by atoms with Crippen molar-refractivity contribution in [2.24, 2.45) is 29.6 Å². The van der Waals surface area contributed by atoms with Gasteiger partial charge >= 0.3 is 12.1 Å². The van der Waals surface area contributed by atoms with E-state index >= 15 is 0 Å². The number of amides is 3. The zero-order valence-corrected chi connectivity index (χ0v) is 28.0. The first kappa shape index (κ1) is 35.2. The second kappa shape index (κ2) is 16.3. The van der Waals surface area contributed by atoms with Crippen LogP contribution in [0.3, 0.4) is 0 Å². The number of carbonyl (C=O) groups is 4. The lowest BCUT2D eigenvalue weighted by atomic mass is 9.76. The van der Waals surface area contributed by atoms with Crippen molar-refractivity contribution in [3.63, 3.8) is 0 Å². The summed E-state index contributed by atoms with van der Waals surface area (Å²) < 4.78 is 24.3. The molecule has 2 saturated carbocycles. The van der Waals surface area contributed by atoms with Gasteiger partial charge in [-0.25, -0.2) is 9.18 Å². The summed E-state index contributed by atoms with van der Waals surface area (Å²) in [6, 6.07) is 5.88. The molecule has 3 fully saturated rings. The van der Waals surface area contributed by atoms with Gasteiger partial charge in [-0.05, 0) is 79.3 Å². The average Bonchev–Trinajstić information content (AvgIpc) is 3.79. The molecule has 1 saturated heterocycles. The average molecular weight is 670 g/mol. The molecule has 2 heterocycles. The fourth-order valence-electron chi connectivity index (χ4n) is 7.60. The number of nitrogens with zero attached hydrogens (tertiary/aromatic N) is 4. The lowest BCUT2D eigenvalue weighted by molar-refractivity contribution is -0.168. The summed E-state index contributed by atoms with van der Waals surface area (Å²) in [6.07, 6.45) is 6.63. The monoisotopic (exact) mass is 669 g/mol. The summed E-state index contributed by atoms with van der Waals surface area (Å²) in [5.74, 6) is -0.578. The number of rotatable bonds is 11. The Bertz CT molecular complexity index is 1380. The number of anilines is 1. The van der Waals surface area contributed by atoms with E-state index in [4.69, 9.17) is 9.47 Å². The Hall–Kier alpha value is -4.10. The summed E-state index contributed by atoms with van der Waals surface area (Å²) in [5.41, 5.74) is 1.39. The Labute approximate surface area is 280 Å². The number of hydrogen-bond donors (Lipinski definition) is 3. The first-order valence-electron chi connectivity index (χ1n) is 17.3. The van der Waals surface area contributed by atoms with Crippen LogP contribution in [0.25, 0.3) is 11.4 Å². The number of ether oxygens (including phenoxy) is 2. The molecule has 4 atom stereocenters. The third-order valence-electron chi connectivity index (χ3n) is 10.2. The van der Waals surface area contributed by atoms with E-state index in [0.717, 1.165) is 37.7 Å². The fourth-order valence-corrected chi connectivity index (χ4v) is 7.60. The molecule has 1 aliphatic heterocycles. The van der Waals surface area contributed by atoms with E-state index in [-0.39, 0.29) is 35.5 Å². The van der Waals surface area contributed by atoms with Gasteiger partial charge in [-0.2, -0.15) is 5.21 Å². The zero-order valence-electron chi connectivity index (χ0n) is 28.0. The first-order valence-corrected chi connectivity index (χ1v) is 17.3. The van der Waals surface area contributed by atoms with E-state index < -0.39 is 37.1 Å². The van der Waals surface area contributed by atoms with E-state index in [1.165, 1.54) is 13.3 Å². The van der Waals surface area contributed by atoms with Crippen molar-refractivity contribution in [1.82, 2.24) is 30.8 Å². The lowest BCUT2D eigenvalue weighted by Gasteiger charge is -2.37. The molecule has 3 amide bonds. The zero-order chi connectivity index (χ0) is 34.2. The number of hydrogen-bond acceptors (Lipinski definition) is 9. The normalized spacial score (nSPS) is 24.5. The minimum Gasteiger partial charge on any atom is -0.425 e. The highest BCUT2D eigenvalue weighted by molar-refractivity contribution is 5.98. The van der Waals surface area contributed by atoms with Crippen LogP contribution in [-0.4, -0.2) is 81.0 Å². The molecule has 14 heteroatoms. The fraction of sp³-hybridized carbons (Fsp3) is 0.676. The highest BCUT2D eigenvalue weighted by Gasteiger charge is 2.47. The van der Waals surface area contributed by atoms with E-state index in [0.29, 0.717) is 49.7 Å². The standard InChI is InChI=1S/C34H48FN7O6/c1-20(2)33(45)47-21(3)48-34(46)37-28(19-35)23-9-11-25(12-10-23)32(44)42-18-17-27(22-7-5-4-6-8-22)29(42)31(43)36-26-15-13-24(14-16-26)30-38-40-41-39-30/h13-16,20-23,25,27-29H,4-12,17-19H2,1-3H3,(H,36,43)(H,37,46)(H,38,39,40,41)/t21?,23?,25?,27-,28+,29-/m0/s1. The highest BCUT2D eigenvalue weighted by atomic mass is 19.1. The summed E-state index contributed by atoms with van der Waals surface area (Å²) in [5, 5.41) is 19.7. The maximum absolute atomic E-state index is 14.1. The van der Waals surface area contributed by atoms with Gasteiger partial charge < -0.3 is 25.0 Å². The summed E-state index contributed by atoms with van der Waals surface area (Å²) >= 11 is 0. The van der Waals surface area contributed by atoms with Crippen LogP contribution in [0.4, 0.5) is 14.9 Å². The number of aromatic nitrogens is 4. The third kappa shape index (κ3) is 8.67. The highest BCUT2D eigenvalue weighted by Crippen LogP contribution is 2.41. The van der Waals surface area contributed by atoms with Crippen molar-refractivity contribution in [3.05, 3.63) is 24.3 Å². The van der Waals surface area contributed by atoms with Crippen molar-refractivity contribution in [2.45, 2.75) is 103 Å². The first-order chi connectivity index (χ1) is 23.1. The Morgan fingerprint density at radius 1 is 0.958 bits per heavy atom. The van der Waals surface area contributed by atoms with Gasteiger partial charge in [-0.1, -0.05) is 46.0 Å². The molecule has 262 valence electrons. The molecule has 3 aliphatic rings. The van der Waals surface area contributed by atoms with Crippen LogP contribution in [0.5, 0.6) is 0 Å². The molecular formula is C34H48FN7O6. The van der Waals surface area contributed by atoms with Crippen molar-refractivity contribution in [1.29, 1.82) is 0 Å². The van der Waals surface area contributed by atoms with Gasteiger partial charge in [0.25, 0.3) is 0 Å². The maximum Gasteiger partial charge on any atom is 0.410 e. The van der Waals surface area contributed by atoms with E-state index in [1.54, 1.807) is 30.9 Å². The van der Waals surface area contributed by atoms with Gasteiger partial charge in [-0.15, -0.1) is 10.2 Å². The molecular weight excluding hydrogens is 621 g/mol. The number of tetrazole rings is 1. The molecule has 13 nitrogen and oxygen atoms in total. The molecule has 0 spiro atoms. The van der Waals surface area contributed by atoms with Crippen LogP contribution >= 0.6 is 0 Å². The van der Waals surface area contributed by atoms with Gasteiger partial charge in [0.05, 0.1) is 12.0 Å². The molecule has 3 N–H and O–H groups in total. The predicted octanol–water partition coefficient (Wildman–Crippen LogP) is 5.02. The molecule has 1 aromatic heterocycles. The lowest BCUT2D eigenvalue weighted by Crippen LogP contribution is -2.50. The Kier molecular flexibility index (Phi) is 12.0. The molecule has 48 heavy (non-hydrogen) atoms. The SMILES string of the molecule is CC(OC(=O)N[C@H](CF)C1CCC(C(=O)N2CC[C@@H](C3CCCCC3)[C@H]2C(=O)Nc2ccc(-c3nn[nH]n3)cc2)CC1)OC(=O)C(C)C. The predicted molar refractivity (Wildman–Crippen MR) is 174 cm³/mol. The number of nitrogens with one attached hydrogen (secondary N) is 3. The molecule has 2 aliphatic carbocycles. The van der Waals surface area contributed by atoms with Crippen molar-refractivity contribution < 1.29 is 33.0 Å². The van der Waals surface area contributed by atoms with Gasteiger partial charge in [-0.3, -0.25) is 14.4 Å². The summed E-state index contributed by atoms with van der Waals surface area (Å²) in [6.45, 7) is 4.52. The van der Waals surface area contributed by atoms with Crippen molar-refractivity contribution in [3.8, 4) is 11.4 Å². The van der Waals surface area contributed by atoms with Crippen LogP contribution in [0.2, 0.25) is 0 Å². The topological polar surface area (TPSA) is 168 Å². The quantitative estimate of drug-likeness (QED) is 0.220. The number of likely N-dealkylation sites (tertiary alicyclic amines) is 1. The second-order valence-electron chi connectivity index (χ2n) is 13.7.